The van der Waals surface area contributed by atoms with Gasteiger partial charge in [0, 0.05) is 758 Å². The normalized spacial score (nSPS) is 5.21. The van der Waals surface area contributed by atoms with Gasteiger partial charge >= 0.3 is 21.1 Å². The summed E-state index contributed by atoms with van der Waals surface area (Å²) in [6, 6.07) is 32.1. The van der Waals surface area contributed by atoms with Crippen molar-refractivity contribution in [1.82, 2.24) is 4.98 Å². The van der Waals surface area contributed by atoms with Crippen molar-refractivity contribution in [2.45, 2.75) is 27.7 Å². The number of aromatic nitrogens is 1. The van der Waals surface area contributed by atoms with Gasteiger partial charge in [-0.05, 0) is 17.0 Å². The van der Waals surface area contributed by atoms with Crippen molar-refractivity contribution in [1.29, 1.82) is 0 Å². The molecule has 0 fully saturated rings. The molecular formula is C28H31NPtY23. The van der Waals surface area contributed by atoms with E-state index in [0.717, 1.165) is 22.0 Å². The molecule has 1 nitrogen and oxygen atoms in total. The minimum absolute atomic E-state index is 0. The number of H-pyrrole nitrogens is 1. The second-order valence-electron chi connectivity index (χ2n) is 5.77. The van der Waals surface area contributed by atoms with Crippen molar-refractivity contribution in [2.75, 3.05) is 0 Å². The Morgan fingerprint density at radius 3 is 1.25 bits per heavy atom. The van der Waals surface area contributed by atoms with Gasteiger partial charge in [-0.25, -0.2) is 0 Å². The van der Waals surface area contributed by atoms with Gasteiger partial charge in [0.1, 0.15) is 0 Å². The van der Waals surface area contributed by atoms with Crippen LogP contribution in [-0.2, 0) is 773 Å². The Morgan fingerprint density at radius 1 is 0.415 bits per heavy atom. The number of para-hydroxylation sites is 1. The van der Waals surface area contributed by atoms with E-state index in [1.807, 2.05) is 39.8 Å². The van der Waals surface area contributed by atoms with Crippen LogP contribution >= 0.6 is 0 Å². The molecule has 53 heavy (non-hydrogen) atoms. The quantitative estimate of drug-likeness (QED) is 0.162. The predicted molar refractivity (Wildman–Crippen MR) is 132 cm³/mol. The molecule has 0 bridgehead atoms. The number of rotatable bonds is 1. The molecule has 0 aliphatic carbocycles. The van der Waals surface area contributed by atoms with Crippen LogP contribution in [-0.4, -0.2) is 4.98 Å². The Bertz CT molecular complexity index is 1220. The molecular weight excluding hydrogens is 2590 g/mol. The first kappa shape index (κ1) is 158. The fourth-order valence-electron chi connectivity index (χ4n) is 3.31. The first-order chi connectivity index (χ1) is 13.4. The van der Waals surface area contributed by atoms with Gasteiger partial charge in [-0.1, -0.05) is 69.5 Å². The fourth-order valence-corrected chi connectivity index (χ4v) is 3.31. The van der Waals surface area contributed by atoms with E-state index >= 15 is 0 Å². The van der Waals surface area contributed by atoms with Crippen LogP contribution in [0.2, 0.25) is 0 Å². The molecule has 23 radical (unpaired) electrons. The average molecular weight is 2620 g/mol. The Labute approximate surface area is 918 Å². The van der Waals surface area contributed by atoms with Crippen molar-refractivity contribution in [3.8, 4) is 11.1 Å². The first-order valence-corrected chi connectivity index (χ1v) is 9.73. The fraction of sp³-hybridized carbons (Fsp3) is 0.143. The molecule has 5 rings (SSSR count). The number of aromatic amines is 1. The van der Waals surface area contributed by atoms with Gasteiger partial charge in [-0.2, -0.15) is 0 Å². The smallest absolute Gasteiger partial charge is 0.372 e. The number of hydrogen-bond donors (Lipinski definition) is 1. The van der Waals surface area contributed by atoms with Gasteiger partial charge in [0.05, 0.1) is 0 Å². The van der Waals surface area contributed by atoms with E-state index in [1.54, 1.807) is 0 Å². The molecule has 5 aromatic rings. The average Bonchev–Trinajstić information content (AvgIpc) is 3.14. The maximum atomic E-state index is 3.55. The zero-order valence-electron chi connectivity index (χ0n) is 32.0. The van der Waals surface area contributed by atoms with E-state index in [1.165, 1.54) is 21.7 Å². The molecule has 0 aliphatic rings. The van der Waals surface area contributed by atoms with Crippen LogP contribution in [0.3, 0.4) is 0 Å². The molecule has 227 valence electrons. The van der Waals surface area contributed by atoms with Crippen LogP contribution in [0.15, 0.2) is 72.8 Å². The van der Waals surface area contributed by atoms with E-state index in [-0.39, 0.29) is 788 Å². The Morgan fingerprint density at radius 2 is 0.811 bits per heavy atom. The van der Waals surface area contributed by atoms with Crippen LogP contribution in [0.1, 0.15) is 27.7 Å². The zero-order chi connectivity index (χ0) is 19.2. The van der Waals surface area contributed by atoms with Crippen LogP contribution in [0.5, 0.6) is 0 Å². The molecule has 0 saturated carbocycles. The van der Waals surface area contributed by atoms with Crippen molar-refractivity contribution < 1.29 is 773 Å². The molecule has 0 atom stereocenters. The van der Waals surface area contributed by atoms with Gasteiger partial charge in [-0.15, -0.1) is 64.4 Å². The maximum Gasteiger partial charge on any atom is 4.00 e. The van der Waals surface area contributed by atoms with Gasteiger partial charge in [-0.3, -0.25) is 0 Å². The van der Waals surface area contributed by atoms with Crippen molar-refractivity contribution in [2.24, 2.45) is 0 Å². The summed E-state index contributed by atoms with van der Waals surface area (Å²) >= 11 is 0. The second-order valence-corrected chi connectivity index (χ2v) is 5.77. The predicted octanol–water partition coefficient (Wildman–Crippen LogP) is 8.63. The van der Waals surface area contributed by atoms with Crippen molar-refractivity contribution in [3.63, 3.8) is 0 Å². The summed E-state index contributed by atoms with van der Waals surface area (Å²) in [6.07, 6.45) is 0. The molecule has 25 heteroatoms. The molecule has 1 N–H and O–H groups in total. The van der Waals surface area contributed by atoms with Gasteiger partial charge in [0.15, 0.2) is 0 Å². The van der Waals surface area contributed by atoms with Crippen molar-refractivity contribution >= 4 is 32.6 Å². The molecule has 0 amide bonds. The molecule has 4 aromatic carbocycles. The molecule has 0 spiro atoms. The van der Waals surface area contributed by atoms with Gasteiger partial charge in [0.2, 0.25) is 0 Å². The first-order valence-electron chi connectivity index (χ1n) is 9.73. The Hall–Kier alpha value is 23.0. The Balaban J connectivity index is -0.0000000124. The van der Waals surface area contributed by atoms with Crippen LogP contribution in [0.25, 0.3) is 43.7 Å². The summed E-state index contributed by atoms with van der Waals surface area (Å²) in [7, 11) is 0. The van der Waals surface area contributed by atoms with Crippen LogP contribution in [0.4, 0.5) is 0 Å². The SMILES string of the molecule is CC.CC.[CH3-].[CH3-].[Pt+4].[Y].[Y].[Y].[Y].[Y].[Y].[Y].[Y].[Y].[Y].[Y].[Y].[Y].[Y].[Y].[Y].[Y].[Y].[Y].[Y].[Y].[Y].[Y].[c-]1c(-c2cccc3ccc[c-]c23)ccc2c1[nH]c1ccccc12. The number of hydrogen-bond acceptors (Lipinski definition) is 0. The van der Waals surface area contributed by atoms with E-state index in [4.69, 9.17) is 0 Å². The molecule has 0 saturated heterocycles. The third-order valence-corrected chi connectivity index (χ3v) is 4.41. The summed E-state index contributed by atoms with van der Waals surface area (Å²) in [5.74, 6) is 0. The second kappa shape index (κ2) is 107. The zero-order valence-corrected chi connectivity index (χ0v) is 99.6. The van der Waals surface area contributed by atoms with Crippen molar-refractivity contribution in [3.05, 3.63) is 99.8 Å². The van der Waals surface area contributed by atoms with E-state index < -0.39 is 0 Å². The third kappa shape index (κ3) is 62.5. The van der Waals surface area contributed by atoms with Crippen LogP contribution < -0.4 is 0 Å². The van der Waals surface area contributed by atoms with Gasteiger partial charge < -0.3 is 19.8 Å². The van der Waals surface area contributed by atoms with Crippen LogP contribution in [0, 0.1) is 27.0 Å². The summed E-state index contributed by atoms with van der Waals surface area (Å²) in [4.78, 5) is 3.47. The molecule has 0 aliphatic heterocycles. The maximum absolute atomic E-state index is 3.55. The minimum atomic E-state index is 0. The summed E-state index contributed by atoms with van der Waals surface area (Å²) in [5.41, 5.74) is 4.47. The third-order valence-electron chi connectivity index (χ3n) is 4.41. The standard InChI is InChI=1S/C22H13N.2C2H6.2CH3.Pt.23Y/c1-2-8-17-15(6-1)7-5-10-18(17)16-12-13-20-19-9-3-4-11-21(19)23-22(20)14-16;2*1-2;;;;;;;;;;;;;;;;;;;;;;;;;;/h1-7,9-13,23H;2*1-2H3;2*1H3;;;;;;;;;;;;;;;;;;;;;;;;/q-2;;;2*-1;+4;;;;;;;;;;;;;;;;;;;;;;;. The number of benzene rings is 4. The minimum Gasteiger partial charge on any atom is -0.372 e. The Kier molecular flexibility index (Phi) is 319. The largest absolute Gasteiger partial charge is 4.00 e. The molecule has 1 heterocycles. The molecule has 1 aromatic heterocycles. The number of nitrogens with one attached hydrogen (secondary N) is 1. The van der Waals surface area contributed by atoms with E-state index in [2.05, 4.69) is 77.8 Å². The summed E-state index contributed by atoms with van der Waals surface area (Å²) in [5, 5.41) is 4.81. The molecule has 0 unspecified atom stereocenters. The summed E-state index contributed by atoms with van der Waals surface area (Å²) < 4.78 is 0. The summed E-state index contributed by atoms with van der Waals surface area (Å²) in [6.45, 7) is 8.00. The van der Waals surface area contributed by atoms with Gasteiger partial charge in [0.25, 0.3) is 0 Å². The number of fused-ring (bicyclic) bond motifs is 4. The monoisotopic (exact) mass is 2620 g/mol. The van der Waals surface area contributed by atoms with E-state index in [9.17, 15) is 0 Å². The topological polar surface area (TPSA) is 15.8 Å². The van der Waals surface area contributed by atoms with E-state index in [0.29, 0.717) is 0 Å².